The normalized spacial score (nSPS) is 17.4. The van der Waals surface area contributed by atoms with Crippen LogP contribution in [0.15, 0.2) is 24.3 Å². The van der Waals surface area contributed by atoms with Gasteiger partial charge in [-0.15, -0.1) is 0 Å². The van der Waals surface area contributed by atoms with Gasteiger partial charge in [-0.2, -0.15) is 0 Å². The van der Waals surface area contributed by atoms with Crippen LogP contribution in [0.4, 0.5) is 0 Å². The van der Waals surface area contributed by atoms with Crippen LogP contribution < -0.4 is 14.8 Å². The van der Waals surface area contributed by atoms with Gasteiger partial charge in [0.05, 0.1) is 19.3 Å². The van der Waals surface area contributed by atoms with Gasteiger partial charge in [-0.05, 0) is 50.5 Å². The van der Waals surface area contributed by atoms with Gasteiger partial charge in [0.2, 0.25) is 5.91 Å². The average Bonchev–Trinajstić information content (AvgIpc) is 3.07. The van der Waals surface area contributed by atoms with Crippen LogP contribution in [0.5, 0.6) is 11.5 Å². The van der Waals surface area contributed by atoms with Crippen LogP contribution in [-0.4, -0.2) is 38.4 Å². The largest absolute Gasteiger partial charge is 0.490 e. The van der Waals surface area contributed by atoms with E-state index in [1.54, 1.807) is 6.08 Å². The number of ether oxygens (including phenoxy) is 3. The number of nitrogens with one attached hydrogen (secondary N) is 1. The van der Waals surface area contributed by atoms with E-state index in [4.69, 9.17) is 14.2 Å². The van der Waals surface area contributed by atoms with Crippen molar-refractivity contribution in [2.45, 2.75) is 32.8 Å². The minimum atomic E-state index is -0.118. The summed E-state index contributed by atoms with van der Waals surface area (Å²) >= 11 is 0. The topological polar surface area (TPSA) is 56.8 Å². The second kappa shape index (κ2) is 9.20. The van der Waals surface area contributed by atoms with E-state index in [-0.39, 0.29) is 12.0 Å². The molecule has 0 bridgehead atoms. The first-order chi connectivity index (χ1) is 11.2. The minimum absolute atomic E-state index is 0.118. The van der Waals surface area contributed by atoms with Gasteiger partial charge in [0, 0.05) is 19.2 Å². The third-order valence-corrected chi connectivity index (χ3v) is 3.52. The highest BCUT2D eigenvalue weighted by atomic mass is 16.5. The number of hydrogen-bond acceptors (Lipinski definition) is 4. The lowest BCUT2D eigenvalue weighted by Crippen LogP contribution is -2.30. The van der Waals surface area contributed by atoms with Gasteiger partial charge in [0.1, 0.15) is 0 Å². The first-order valence-electron chi connectivity index (χ1n) is 8.20. The van der Waals surface area contributed by atoms with Crippen molar-refractivity contribution < 1.29 is 19.0 Å². The Kier molecular flexibility index (Phi) is 6.94. The molecule has 5 heteroatoms. The van der Waals surface area contributed by atoms with Crippen molar-refractivity contribution in [2.24, 2.45) is 0 Å². The van der Waals surface area contributed by atoms with Crippen molar-refractivity contribution in [2.75, 3.05) is 26.4 Å². The molecule has 2 rings (SSSR count). The predicted octanol–water partition coefficient (Wildman–Crippen LogP) is 2.79. The molecule has 1 aliphatic heterocycles. The summed E-state index contributed by atoms with van der Waals surface area (Å²) in [6, 6.07) is 5.63. The Bertz CT molecular complexity index is 536. The van der Waals surface area contributed by atoms with E-state index in [2.05, 4.69) is 5.32 Å². The molecule has 1 aromatic rings. The van der Waals surface area contributed by atoms with Crippen molar-refractivity contribution >= 4 is 12.0 Å². The molecule has 0 aliphatic carbocycles. The van der Waals surface area contributed by atoms with Crippen LogP contribution in [-0.2, 0) is 9.53 Å². The van der Waals surface area contributed by atoms with E-state index in [1.807, 2.05) is 32.0 Å². The fraction of sp³-hybridized carbons (Fsp3) is 0.500. The molecule has 1 amide bonds. The zero-order valence-electron chi connectivity index (χ0n) is 13.8. The molecule has 1 atom stereocenters. The van der Waals surface area contributed by atoms with Crippen molar-refractivity contribution in [1.82, 2.24) is 5.32 Å². The van der Waals surface area contributed by atoms with Gasteiger partial charge in [-0.3, -0.25) is 4.79 Å². The molecule has 1 aliphatic rings. The maximum absolute atomic E-state index is 11.8. The summed E-state index contributed by atoms with van der Waals surface area (Å²) in [4.78, 5) is 11.8. The maximum Gasteiger partial charge on any atom is 0.244 e. The van der Waals surface area contributed by atoms with Crippen LogP contribution >= 0.6 is 0 Å². The fourth-order valence-corrected chi connectivity index (χ4v) is 2.42. The summed E-state index contributed by atoms with van der Waals surface area (Å²) in [5, 5.41) is 2.86. The molecule has 1 aromatic carbocycles. The third-order valence-electron chi connectivity index (χ3n) is 3.52. The van der Waals surface area contributed by atoms with Gasteiger partial charge in [-0.25, -0.2) is 0 Å². The van der Waals surface area contributed by atoms with Crippen LogP contribution in [0.25, 0.3) is 6.08 Å². The molecule has 1 N–H and O–H groups in total. The average molecular weight is 319 g/mol. The number of amides is 1. The number of benzene rings is 1. The second-order valence-corrected chi connectivity index (χ2v) is 5.29. The van der Waals surface area contributed by atoms with Gasteiger partial charge in [0.25, 0.3) is 0 Å². The molecule has 5 nitrogen and oxygen atoms in total. The van der Waals surface area contributed by atoms with E-state index in [0.717, 1.165) is 25.0 Å². The Morgan fingerprint density at radius 1 is 1.30 bits per heavy atom. The first kappa shape index (κ1) is 17.3. The third kappa shape index (κ3) is 5.60. The Hall–Kier alpha value is -2.01. The van der Waals surface area contributed by atoms with Crippen LogP contribution in [0.2, 0.25) is 0 Å². The van der Waals surface area contributed by atoms with Crippen LogP contribution in [0.1, 0.15) is 32.3 Å². The standard InChI is InChI=1S/C18H25NO4/c1-3-21-16-9-7-14(12-17(16)22-4-2)8-10-18(20)19-13-15-6-5-11-23-15/h7-10,12,15H,3-6,11,13H2,1-2H3,(H,19,20). The van der Waals surface area contributed by atoms with Gasteiger partial charge >= 0.3 is 0 Å². The number of hydrogen-bond donors (Lipinski definition) is 1. The Morgan fingerprint density at radius 2 is 2.09 bits per heavy atom. The van der Waals surface area contributed by atoms with Crippen molar-refractivity contribution in [3.8, 4) is 11.5 Å². The molecule has 126 valence electrons. The second-order valence-electron chi connectivity index (χ2n) is 5.29. The molecule has 1 fully saturated rings. The number of carbonyl (C=O) groups excluding carboxylic acids is 1. The fourth-order valence-electron chi connectivity index (χ4n) is 2.42. The predicted molar refractivity (Wildman–Crippen MR) is 89.8 cm³/mol. The van der Waals surface area contributed by atoms with E-state index >= 15 is 0 Å². The Morgan fingerprint density at radius 3 is 2.78 bits per heavy atom. The molecule has 1 heterocycles. The smallest absolute Gasteiger partial charge is 0.244 e. The summed E-state index contributed by atoms with van der Waals surface area (Å²) in [5.74, 6) is 1.29. The zero-order chi connectivity index (χ0) is 16.5. The molecular formula is C18H25NO4. The van der Waals surface area contributed by atoms with E-state index in [0.29, 0.717) is 31.3 Å². The molecule has 0 aromatic heterocycles. The monoisotopic (exact) mass is 319 g/mol. The highest BCUT2D eigenvalue weighted by Gasteiger charge is 2.15. The molecule has 0 saturated carbocycles. The van der Waals surface area contributed by atoms with Crippen LogP contribution in [0, 0.1) is 0 Å². The van der Waals surface area contributed by atoms with Crippen molar-refractivity contribution in [1.29, 1.82) is 0 Å². The molecule has 23 heavy (non-hydrogen) atoms. The van der Waals surface area contributed by atoms with Crippen LogP contribution in [0.3, 0.4) is 0 Å². The summed E-state index contributed by atoms with van der Waals surface area (Å²) in [5.41, 5.74) is 0.893. The molecule has 1 unspecified atom stereocenters. The lowest BCUT2D eigenvalue weighted by Gasteiger charge is -2.11. The number of rotatable bonds is 8. The first-order valence-corrected chi connectivity index (χ1v) is 8.20. The Labute approximate surface area is 137 Å². The Balaban J connectivity index is 1.92. The van der Waals surface area contributed by atoms with Gasteiger partial charge in [-0.1, -0.05) is 6.07 Å². The van der Waals surface area contributed by atoms with Crippen molar-refractivity contribution in [3.05, 3.63) is 29.8 Å². The molecular weight excluding hydrogens is 294 g/mol. The molecule has 0 radical (unpaired) electrons. The minimum Gasteiger partial charge on any atom is -0.490 e. The lowest BCUT2D eigenvalue weighted by atomic mass is 10.2. The quantitative estimate of drug-likeness (QED) is 0.749. The zero-order valence-corrected chi connectivity index (χ0v) is 13.8. The van der Waals surface area contributed by atoms with E-state index in [1.165, 1.54) is 6.08 Å². The van der Waals surface area contributed by atoms with E-state index < -0.39 is 0 Å². The summed E-state index contributed by atoms with van der Waals surface area (Å²) in [6.07, 6.45) is 5.54. The van der Waals surface area contributed by atoms with Crippen molar-refractivity contribution in [3.63, 3.8) is 0 Å². The van der Waals surface area contributed by atoms with Gasteiger partial charge < -0.3 is 19.5 Å². The summed E-state index contributed by atoms with van der Waals surface area (Å²) in [7, 11) is 0. The summed E-state index contributed by atoms with van der Waals surface area (Å²) in [6.45, 7) is 6.37. The van der Waals surface area contributed by atoms with E-state index in [9.17, 15) is 4.79 Å². The number of carbonyl (C=O) groups is 1. The lowest BCUT2D eigenvalue weighted by molar-refractivity contribution is -0.116. The SMILES string of the molecule is CCOc1ccc(C=CC(=O)NCC2CCCO2)cc1OCC. The maximum atomic E-state index is 11.8. The molecule has 0 spiro atoms. The molecule has 1 saturated heterocycles. The summed E-state index contributed by atoms with van der Waals surface area (Å²) < 4.78 is 16.6. The highest BCUT2D eigenvalue weighted by molar-refractivity contribution is 5.91. The van der Waals surface area contributed by atoms with Gasteiger partial charge in [0.15, 0.2) is 11.5 Å². The highest BCUT2D eigenvalue weighted by Crippen LogP contribution is 2.28.